The van der Waals surface area contributed by atoms with Gasteiger partial charge in [-0.05, 0) is 73.4 Å². The number of anilines is 1. The molecule has 2 bridgehead atoms. The van der Waals surface area contributed by atoms with E-state index in [1.807, 2.05) is 35.2 Å². The largest absolute Gasteiger partial charge is 0.488 e. The molecule has 6 rings (SSSR count). The van der Waals surface area contributed by atoms with Crippen molar-refractivity contribution in [2.24, 2.45) is 17.8 Å². The van der Waals surface area contributed by atoms with E-state index in [9.17, 15) is 14.7 Å². The average molecular weight is 576 g/mol. The lowest BCUT2D eigenvalue weighted by molar-refractivity contribution is -0.144. The van der Waals surface area contributed by atoms with Crippen molar-refractivity contribution in [3.63, 3.8) is 0 Å². The third-order valence-corrected chi connectivity index (χ3v) is 9.71. The molecule has 3 fully saturated rings. The number of hydrogen-bond donors (Lipinski definition) is 1. The molecule has 1 amide bonds. The van der Waals surface area contributed by atoms with Crippen molar-refractivity contribution in [3.8, 4) is 17.0 Å². The highest BCUT2D eigenvalue weighted by molar-refractivity contribution is 7.14. The Balaban J connectivity index is 1.18. The molecule has 3 atom stereocenters. The summed E-state index contributed by atoms with van der Waals surface area (Å²) in [4.78, 5) is 33.9. The van der Waals surface area contributed by atoms with Gasteiger partial charge in [0.1, 0.15) is 12.4 Å². The zero-order valence-electron chi connectivity index (χ0n) is 23.7. The molecule has 2 aliphatic heterocycles. The molecule has 1 N–H and O–H groups in total. The maximum Gasteiger partial charge on any atom is 0.307 e. The van der Waals surface area contributed by atoms with Crippen LogP contribution in [0.15, 0.2) is 41.8 Å². The number of morpholine rings is 1. The number of carboxylic acids is 1. The van der Waals surface area contributed by atoms with Gasteiger partial charge in [-0.2, -0.15) is 0 Å². The van der Waals surface area contributed by atoms with Crippen molar-refractivity contribution in [1.29, 1.82) is 0 Å². The summed E-state index contributed by atoms with van der Waals surface area (Å²) < 4.78 is 11.8. The first-order valence-electron chi connectivity index (χ1n) is 14.6. The molecule has 1 aromatic heterocycles. The van der Waals surface area contributed by atoms with Crippen LogP contribution in [0.4, 0.5) is 5.13 Å². The Morgan fingerprint density at radius 2 is 1.83 bits per heavy atom. The van der Waals surface area contributed by atoms with Crippen LogP contribution in [0.3, 0.4) is 0 Å². The predicted octanol–water partition coefficient (Wildman–Crippen LogP) is 5.28. The molecule has 2 saturated heterocycles. The maximum absolute atomic E-state index is 13.0. The lowest BCUT2D eigenvalue weighted by Gasteiger charge is -2.35. The smallest absolute Gasteiger partial charge is 0.307 e. The van der Waals surface area contributed by atoms with E-state index in [0.29, 0.717) is 38.5 Å². The fourth-order valence-electron chi connectivity index (χ4n) is 6.62. The first-order chi connectivity index (χ1) is 19.9. The minimum absolute atomic E-state index is 0.0517. The Morgan fingerprint density at radius 3 is 2.54 bits per heavy atom. The third kappa shape index (κ3) is 5.70. The summed E-state index contributed by atoms with van der Waals surface area (Å²) in [5, 5.41) is 12.7. The molecule has 1 aliphatic carbocycles. The molecule has 2 aromatic carbocycles. The number of carbonyl (C=O) groups excluding carboxylic acids is 1. The van der Waals surface area contributed by atoms with E-state index >= 15 is 0 Å². The van der Waals surface area contributed by atoms with Crippen molar-refractivity contribution < 1.29 is 24.2 Å². The summed E-state index contributed by atoms with van der Waals surface area (Å²) in [6.07, 6.45) is 2.77. The minimum atomic E-state index is -0.650. The van der Waals surface area contributed by atoms with Gasteiger partial charge in [-0.15, -0.1) is 11.3 Å². The van der Waals surface area contributed by atoms with E-state index in [0.717, 1.165) is 71.2 Å². The molecular formula is C32H37N3O5S. The Morgan fingerprint density at radius 1 is 1.07 bits per heavy atom. The van der Waals surface area contributed by atoms with Crippen LogP contribution < -0.4 is 9.64 Å². The Labute approximate surface area is 244 Å². The average Bonchev–Trinajstić information content (AvgIpc) is 3.59. The molecular weight excluding hydrogens is 538 g/mol. The summed E-state index contributed by atoms with van der Waals surface area (Å²) in [6, 6.07) is 12.1. The van der Waals surface area contributed by atoms with Gasteiger partial charge in [0, 0.05) is 42.7 Å². The first-order valence-corrected chi connectivity index (χ1v) is 15.4. The summed E-state index contributed by atoms with van der Waals surface area (Å²) in [6.45, 7) is 8.49. The maximum atomic E-state index is 13.0. The minimum Gasteiger partial charge on any atom is -0.488 e. The quantitative estimate of drug-likeness (QED) is 0.391. The van der Waals surface area contributed by atoms with E-state index in [2.05, 4.69) is 30.2 Å². The van der Waals surface area contributed by atoms with Gasteiger partial charge in [0.05, 0.1) is 24.8 Å². The monoisotopic (exact) mass is 575 g/mol. The molecule has 41 heavy (non-hydrogen) atoms. The number of aromatic nitrogens is 1. The topological polar surface area (TPSA) is 92.2 Å². The number of carboxylic acid groups (broad SMARTS) is 1. The standard InChI is InChI=1S/C32H37N3O5S/c1-3-21-15-22(30(36)34-10-12-39-13-11-34)5-8-25(21)18-40-28-9-4-20(2)14-26(28)27-19-41-32(33-27)35-16-23-6-7-24(17-35)29(23)31(37)38/h4-5,8-9,14-15,19,23-24,29H,3,6-7,10-13,16-18H2,1-2H3,(H,37,38)/t23-,24?,29?/m0/s1. The van der Waals surface area contributed by atoms with Gasteiger partial charge in [0.2, 0.25) is 0 Å². The summed E-state index contributed by atoms with van der Waals surface area (Å²) in [7, 11) is 0. The van der Waals surface area contributed by atoms with Gasteiger partial charge in [-0.25, -0.2) is 4.98 Å². The number of piperidine rings is 1. The second-order valence-corrected chi connectivity index (χ2v) is 12.2. The summed E-state index contributed by atoms with van der Waals surface area (Å²) in [5.41, 5.74) is 5.83. The number of fused-ring (bicyclic) bond motifs is 2. The molecule has 0 spiro atoms. The van der Waals surface area contributed by atoms with Gasteiger partial charge in [-0.1, -0.05) is 24.6 Å². The number of amides is 1. The molecule has 1 saturated carbocycles. The highest BCUT2D eigenvalue weighted by atomic mass is 32.1. The van der Waals surface area contributed by atoms with Crippen molar-refractivity contribution >= 4 is 28.3 Å². The van der Waals surface area contributed by atoms with Gasteiger partial charge in [0.15, 0.2) is 5.13 Å². The van der Waals surface area contributed by atoms with Crippen molar-refractivity contribution in [2.75, 3.05) is 44.3 Å². The lowest BCUT2D eigenvalue weighted by atomic mass is 9.85. The van der Waals surface area contributed by atoms with Gasteiger partial charge >= 0.3 is 5.97 Å². The van der Waals surface area contributed by atoms with E-state index in [1.165, 1.54) is 0 Å². The molecule has 8 nitrogen and oxygen atoms in total. The van der Waals surface area contributed by atoms with Crippen molar-refractivity contribution in [1.82, 2.24) is 9.88 Å². The highest BCUT2D eigenvalue weighted by Gasteiger charge is 2.46. The molecule has 3 aromatic rings. The van der Waals surface area contributed by atoms with Crippen molar-refractivity contribution in [3.05, 3.63) is 64.0 Å². The van der Waals surface area contributed by atoms with Gasteiger partial charge < -0.3 is 24.4 Å². The lowest BCUT2D eigenvalue weighted by Crippen LogP contribution is -2.44. The number of hydrogen-bond acceptors (Lipinski definition) is 7. The molecule has 2 unspecified atom stereocenters. The zero-order valence-corrected chi connectivity index (χ0v) is 24.5. The Kier molecular flexibility index (Phi) is 7.99. The van der Waals surface area contributed by atoms with E-state index in [-0.39, 0.29) is 23.7 Å². The van der Waals surface area contributed by atoms with Crippen LogP contribution in [0.1, 0.15) is 46.8 Å². The number of carbonyl (C=O) groups is 2. The highest BCUT2D eigenvalue weighted by Crippen LogP contribution is 2.44. The van der Waals surface area contributed by atoms with Crippen LogP contribution in [-0.4, -0.2) is 66.3 Å². The van der Waals surface area contributed by atoms with Crippen molar-refractivity contribution in [2.45, 2.75) is 39.7 Å². The van der Waals surface area contributed by atoms with Crippen LogP contribution in [0.2, 0.25) is 0 Å². The van der Waals surface area contributed by atoms with E-state index in [4.69, 9.17) is 14.5 Å². The summed E-state index contributed by atoms with van der Waals surface area (Å²) >= 11 is 1.61. The number of benzene rings is 2. The number of aliphatic carboxylic acids is 1. The predicted molar refractivity (Wildman–Crippen MR) is 159 cm³/mol. The fraction of sp³-hybridized carbons (Fsp3) is 0.469. The van der Waals surface area contributed by atoms with E-state index < -0.39 is 5.97 Å². The third-order valence-electron chi connectivity index (χ3n) is 8.81. The van der Waals surface area contributed by atoms with Crippen LogP contribution in [0.5, 0.6) is 5.75 Å². The first kappa shape index (κ1) is 27.7. The molecule has 3 heterocycles. The number of aryl methyl sites for hydroxylation is 2. The number of thiazole rings is 1. The number of nitrogens with zero attached hydrogens (tertiary/aromatic N) is 3. The van der Waals surface area contributed by atoms with Crippen LogP contribution in [0, 0.1) is 24.7 Å². The number of ether oxygens (including phenoxy) is 2. The van der Waals surface area contributed by atoms with Crippen LogP contribution in [0.25, 0.3) is 11.3 Å². The normalized spacial score (nSPS) is 22.1. The molecule has 9 heteroatoms. The Hall–Kier alpha value is -3.43. The van der Waals surface area contributed by atoms with Crippen LogP contribution >= 0.6 is 11.3 Å². The summed E-state index contributed by atoms with van der Waals surface area (Å²) in [5.74, 6) is 0.341. The molecule has 3 aliphatic rings. The fourth-order valence-corrected chi connectivity index (χ4v) is 7.46. The zero-order chi connectivity index (χ0) is 28.5. The SMILES string of the molecule is CCc1cc(C(=O)N2CCOCC2)ccc1COc1ccc(C)cc1-c1csc(N2CC3CC[C@@H](C2)C3C(=O)O)n1. The van der Waals surface area contributed by atoms with E-state index in [1.54, 1.807) is 11.3 Å². The second kappa shape index (κ2) is 11.8. The molecule has 0 radical (unpaired) electrons. The van der Waals surface area contributed by atoms with Crippen LogP contribution in [-0.2, 0) is 22.6 Å². The van der Waals surface area contributed by atoms with Gasteiger partial charge in [-0.3, -0.25) is 9.59 Å². The Bertz CT molecular complexity index is 1420. The van der Waals surface area contributed by atoms with Gasteiger partial charge in [0.25, 0.3) is 5.91 Å². The number of rotatable bonds is 8. The second-order valence-electron chi connectivity index (χ2n) is 11.4. The molecule has 216 valence electrons.